The Kier molecular flexibility index (Phi) is 5.16. The molecule has 0 saturated heterocycles. The molecule has 0 aliphatic carbocycles. The Hall–Kier alpha value is -2.54. The van der Waals surface area contributed by atoms with Gasteiger partial charge >= 0.3 is 5.97 Å². The van der Waals surface area contributed by atoms with Crippen LogP contribution in [0, 0.1) is 0 Å². The number of nitrogens with zero attached hydrogens (tertiary/aromatic N) is 2. The highest BCUT2D eigenvalue weighted by molar-refractivity contribution is 7.14. The van der Waals surface area contributed by atoms with E-state index in [4.69, 9.17) is 0 Å². The van der Waals surface area contributed by atoms with Crippen molar-refractivity contribution < 1.29 is 14.3 Å². The summed E-state index contributed by atoms with van der Waals surface area (Å²) < 4.78 is 4.68. The van der Waals surface area contributed by atoms with E-state index in [9.17, 15) is 9.59 Å². The number of amides is 1. The average Bonchev–Trinajstić information content (AvgIpc) is 2.95. The molecule has 1 amide bonds. The molecule has 1 N–H and O–H groups in total. The summed E-state index contributed by atoms with van der Waals surface area (Å²) in [7, 11) is 0. The molecule has 0 radical (unpaired) electrons. The summed E-state index contributed by atoms with van der Waals surface area (Å²) in [5.74, 6) is -0.983. The van der Waals surface area contributed by atoms with Gasteiger partial charge in [0.05, 0.1) is 12.3 Å². The van der Waals surface area contributed by atoms with Gasteiger partial charge in [-0.1, -0.05) is 0 Å². The van der Waals surface area contributed by atoms with Crippen molar-refractivity contribution in [1.29, 1.82) is 0 Å². The first-order chi connectivity index (χ1) is 10.2. The van der Waals surface area contributed by atoms with Crippen LogP contribution in [0.15, 0.2) is 42.1 Å². The van der Waals surface area contributed by atoms with E-state index in [-0.39, 0.29) is 6.61 Å². The molecule has 0 aromatic carbocycles. The molecule has 0 unspecified atom stereocenters. The minimum absolute atomic E-state index is 0.270. The van der Waals surface area contributed by atoms with Crippen molar-refractivity contribution in [3.05, 3.63) is 42.1 Å². The van der Waals surface area contributed by atoms with Crippen LogP contribution in [-0.2, 0) is 14.3 Å². The number of thiazole rings is 1. The number of ether oxygens (including phenoxy) is 1. The van der Waals surface area contributed by atoms with E-state index in [1.807, 2.05) is 17.5 Å². The smallest absolute Gasteiger partial charge is 0.330 e. The van der Waals surface area contributed by atoms with Crippen LogP contribution in [-0.4, -0.2) is 28.5 Å². The molecule has 21 heavy (non-hydrogen) atoms. The van der Waals surface area contributed by atoms with Crippen molar-refractivity contribution in [3.8, 4) is 11.3 Å². The van der Waals surface area contributed by atoms with Gasteiger partial charge in [0, 0.05) is 35.5 Å². The number of carbonyl (C=O) groups excluding carboxylic acids is 2. The molecule has 7 heteroatoms. The standard InChI is InChI=1S/C14H13N3O3S/c1-2-20-13(19)4-3-12(18)17-14-16-11(9-21-14)10-5-7-15-8-6-10/h3-9H,2H2,1H3,(H,16,17,18)/b4-3+. The number of nitrogens with one attached hydrogen (secondary N) is 1. The number of hydrogen-bond donors (Lipinski definition) is 1. The number of pyridine rings is 1. The third kappa shape index (κ3) is 4.50. The first-order valence-electron chi connectivity index (χ1n) is 6.20. The molecule has 0 aliphatic rings. The summed E-state index contributed by atoms with van der Waals surface area (Å²) in [6, 6.07) is 3.67. The van der Waals surface area contributed by atoms with E-state index >= 15 is 0 Å². The van der Waals surface area contributed by atoms with Crippen molar-refractivity contribution in [3.63, 3.8) is 0 Å². The minimum Gasteiger partial charge on any atom is -0.463 e. The van der Waals surface area contributed by atoms with Crippen LogP contribution in [0.2, 0.25) is 0 Å². The van der Waals surface area contributed by atoms with Gasteiger partial charge < -0.3 is 4.74 Å². The van der Waals surface area contributed by atoms with E-state index < -0.39 is 11.9 Å². The van der Waals surface area contributed by atoms with Crippen molar-refractivity contribution in [2.75, 3.05) is 11.9 Å². The zero-order valence-electron chi connectivity index (χ0n) is 11.3. The van der Waals surface area contributed by atoms with Gasteiger partial charge in [0.2, 0.25) is 5.91 Å². The number of anilines is 1. The lowest BCUT2D eigenvalue weighted by Crippen LogP contribution is -2.09. The second kappa shape index (κ2) is 7.30. The summed E-state index contributed by atoms with van der Waals surface area (Å²) in [5, 5.41) is 4.88. The second-order valence-electron chi connectivity index (χ2n) is 3.85. The van der Waals surface area contributed by atoms with Crippen LogP contribution < -0.4 is 5.32 Å². The van der Waals surface area contributed by atoms with Gasteiger partial charge in [0.1, 0.15) is 0 Å². The predicted octanol–water partition coefficient (Wildman–Crippen LogP) is 2.26. The van der Waals surface area contributed by atoms with E-state index in [0.29, 0.717) is 5.13 Å². The Morgan fingerprint density at radius 3 is 2.81 bits per heavy atom. The monoisotopic (exact) mass is 303 g/mol. The Morgan fingerprint density at radius 1 is 1.33 bits per heavy atom. The third-order valence-corrected chi connectivity index (χ3v) is 3.13. The maximum atomic E-state index is 11.6. The van der Waals surface area contributed by atoms with Gasteiger partial charge in [-0.3, -0.25) is 15.1 Å². The fourth-order valence-corrected chi connectivity index (χ4v) is 2.19. The van der Waals surface area contributed by atoms with E-state index in [1.165, 1.54) is 11.3 Å². The van der Waals surface area contributed by atoms with Gasteiger partial charge in [-0.25, -0.2) is 9.78 Å². The third-order valence-electron chi connectivity index (χ3n) is 2.37. The molecule has 2 aromatic heterocycles. The Bertz CT molecular complexity index is 652. The summed E-state index contributed by atoms with van der Waals surface area (Å²) in [6.07, 6.45) is 5.55. The van der Waals surface area contributed by atoms with Gasteiger partial charge in [-0.15, -0.1) is 11.3 Å². The van der Waals surface area contributed by atoms with Crippen molar-refractivity contribution in [2.24, 2.45) is 0 Å². The zero-order valence-corrected chi connectivity index (χ0v) is 12.1. The van der Waals surface area contributed by atoms with E-state index in [0.717, 1.165) is 23.4 Å². The highest BCUT2D eigenvalue weighted by Gasteiger charge is 2.06. The van der Waals surface area contributed by atoms with Crippen molar-refractivity contribution in [1.82, 2.24) is 9.97 Å². The molecule has 0 saturated carbocycles. The maximum Gasteiger partial charge on any atom is 0.330 e. The number of esters is 1. The number of hydrogen-bond acceptors (Lipinski definition) is 6. The quantitative estimate of drug-likeness (QED) is 0.677. The van der Waals surface area contributed by atoms with Gasteiger partial charge in [0.25, 0.3) is 0 Å². The number of carbonyl (C=O) groups is 2. The maximum absolute atomic E-state index is 11.6. The fourth-order valence-electron chi connectivity index (χ4n) is 1.47. The molecule has 108 valence electrons. The second-order valence-corrected chi connectivity index (χ2v) is 4.71. The Balaban J connectivity index is 1.97. The molecule has 2 heterocycles. The summed E-state index contributed by atoms with van der Waals surface area (Å²) in [6.45, 7) is 1.97. The Morgan fingerprint density at radius 2 is 2.10 bits per heavy atom. The minimum atomic E-state index is -0.552. The highest BCUT2D eigenvalue weighted by atomic mass is 32.1. The number of aromatic nitrogens is 2. The Labute approximate surface area is 125 Å². The molecule has 0 aliphatic heterocycles. The van der Waals surface area contributed by atoms with Crippen molar-refractivity contribution in [2.45, 2.75) is 6.92 Å². The molecule has 6 nitrogen and oxygen atoms in total. The summed E-state index contributed by atoms with van der Waals surface area (Å²) >= 11 is 1.30. The van der Waals surface area contributed by atoms with Crippen LogP contribution in [0.25, 0.3) is 11.3 Å². The zero-order chi connectivity index (χ0) is 15.1. The predicted molar refractivity (Wildman–Crippen MR) is 79.7 cm³/mol. The van der Waals surface area contributed by atoms with Gasteiger partial charge in [-0.05, 0) is 19.1 Å². The van der Waals surface area contributed by atoms with Crippen molar-refractivity contribution >= 4 is 28.3 Å². The molecule has 0 spiro atoms. The van der Waals surface area contributed by atoms with Crippen LogP contribution in [0.1, 0.15) is 6.92 Å². The molecule has 0 atom stereocenters. The highest BCUT2D eigenvalue weighted by Crippen LogP contribution is 2.24. The lowest BCUT2D eigenvalue weighted by atomic mass is 10.2. The van der Waals surface area contributed by atoms with Crippen LogP contribution >= 0.6 is 11.3 Å². The lowest BCUT2D eigenvalue weighted by molar-refractivity contribution is -0.137. The van der Waals surface area contributed by atoms with E-state index in [1.54, 1.807) is 19.3 Å². The van der Waals surface area contributed by atoms with E-state index in [2.05, 4.69) is 20.0 Å². The largest absolute Gasteiger partial charge is 0.463 e. The first-order valence-corrected chi connectivity index (χ1v) is 7.08. The van der Waals surface area contributed by atoms with Crippen LogP contribution in [0.5, 0.6) is 0 Å². The first kappa shape index (κ1) is 14.9. The fraction of sp³-hybridized carbons (Fsp3) is 0.143. The molecule has 0 fully saturated rings. The lowest BCUT2D eigenvalue weighted by Gasteiger charge is -1.97. The molecule has 2 aromatic rings. The topological polar surface area (TPSA) is 81.2 Å². The van der Waals surface area contributed by atoms with Gasteiger partial charge in [0.15, 0.2) is 5.13 Å². The van der Waals surface area contributed by atoms with Gasteiger partial charge in [-0.2, -0.15) is 0 Å². The van der Waals surface area contributed by atoms with Crippen LogP contribution in [0.3, 0.4) is 0 Å². The molecule has 2 rings (SSSR count). The summed E-state index contributed by atoms with van der Waals surface area (Å²) in [4.78, 5) is 30.9. The molecular weight excluding hydrogens is 290 g/mol. The number of rotatable bonds is 5. The molecular formula is C14H13N3O3S. The van der Waals surface area contributed by atoms with Crippen LogP contribution in [0.4, 0.5) is 5.13 Å². The normalized spacial score (nSPS) is 10.5. The average molecular weight is 303 g/mol. The molecule has 0 bridgehead atoms. The summed E-state index contributed by atoms with van der Waals surface area (Å²) in [5.41, 5.74) is 1.68. The SMILES string of the molecule is CCOC(=O)/C=C/C(=O)Nc1nc(-c2ccncc2)cs1.